The summed E-state index contributed by atoms with van der Waals surface area (Å²) in [5.41, 5.74) is 0. The van der Waals surface area contributed by atoms with Gasteiger partial charge in [-0.2, -0.15) is 0 Å². The van der Waals surface area contributed by atoms with Crippen molar-refractivity contribution in [3.63, 3.8) is 0 Å². The summed E-state index contributed by atoms with van der Waals surface area (Å²) in [7, 11) is 3.06. The van der Waals surface area contributed by atoms with Gasteiger partial charge in [-0.1, -0.05) is 19.8 Å². The molecule has 2 heteroatoms. The summed E-state index contributed by atoms with van der Waals surface area (Å²) in [5, 5.41) is 0. The van der Waals surface area contributed by atoms with E-state index in [9.17, 15) is 0 Å². The van der Waals surface area contributed by atoms with Gasteiger partial charge in [0.05, 0.1) is 6.61 Å². The van der Waals surface area contributed by atoms with Gasteiger partial charge in [0.15, 0.2) is 0 Å². The Morgan fingerprint density at radius 3 is 2.62 bits per heavy atom. The second-order valence-corrected chi connectivity index (χ2v) is 1.65. The van der Waals surface area contributed by atoms with Crippen molar-refractivity contribution in [2.75, 3.05) is 6.61 Å². The Labute approximate surface area is 50.7 Å². The molecule has 2 nitrogen and oxygen atoms in total. The highest BCUT2D eigenvalue weighted by Gasteiger charge is 1.83. The van der Waals surface area contributed by atoms with Gasteiger partial charge >= 0.3 is 0 Å². The molecule has 0 unspecified atom stereocenters. The molecular formula is C6H13O2. The quantitative estimate of drug-likeness (QED) is 0.311. The molecular weight excluding hydrogens is 104 g/mol. The van der Waals surface area contributed by atoms with Crippen molar-refractivity contribution in [3.8, 4) is 0 Å². The average Bonchev–Trinajstić information content (AvgIpc) is 1.81. The van der Waals surface area contributed by atoms with Crippen LogP contribution >= 0.6 is 0 Å². The highest BCUT2D eigenvalue weighted by atomic mass is 17.2. The van der Waals surface area contributed by atoms with Crippen molar-refractivity contribution < 1.29 is 9.78 Å². The van der Waals surface area contributed by atoms with Gasteiger partial charge in [-0.05, 0) is 6.42 Å². The lowest BCUT2D eigenvalue weighted by molar-refractivity contribution is -0.253. The van der Waals surface area contributed by atoms with Crippen LogP contribution in [0.15, 0.2) is 0 Å². The summed E-state index contributed by atoms with van der Waals surface area (Å²) in [6.07, 6.45) is 3.47. The molecule has 0 amide bonds. The third kappa shape index (κ3) is 5.92. The third-order valence-corrected chi connectivity index (χ3v) is 0.915. The molecule has 0 spiro atoms. The maximum atomic E-state index is 4.52. The van der Waals surface area contributed by atoms with Gasteiger partial charge in [-0.3, -0.25) is 0 Å². The van der Waals surface area contributed by atoms with Crippen molar-refractivity contribution >= 4 is 0 Å². The molecule has 0 aliphatic heterocycles. The maximum absolute atomic E-state index is 4.52. The molecule has 0 aromatic rings. The Morgan fingerprint density at radius 2 is 2.12 bits per heavy atom. The zero-order chi connectivity index (χ0) is 6.24. The number of rotatable bonds is 5. The normalized spacial score (nSPS) is 9.75. The molecule has 0 fully saturated rings. The summed E-state index contributed by atoms with van der Waals surface area (Å²) in [6.45, 7) is 2.81. The van der Waals surface area contributed by atoms with Crippen molar-refractivity contribution in [3.05, 3.63) is 7.11 Å². The summed E-state index contributed by atoms with van der Waals surface area (Å²) in [6, 6.07) is 0. The molecule has 0 heterocycles. The van der Waals surface area contributed by atoms with Gasteiger partial charge in [-0.15, -0.1) is 0 Å². The van der Waals surface area contributed by atoms with E-state index in [2.05, 4.69) is 23.8 Å². The molecule has 0 aliphatic rings. The predicted octanol–water partition coefficient (Wildman–Crippen LogP) is 1.92. The van der Waals surface area contributed by atoms with Crippen LogP contribution in [-0.4, -0.2) is 6.61 Å². The minimum Gasteiger partial charge on any atom is -0.237 e. The summed E-state index contributed by atoms with van der Waals surface area (Å²) < 4.78 is 0. The first-order chi connectivity index (χ1) is 3.91. The molecule has 49 valence electrons. The smallest absolute Gasteiger partial charge is 0.109 e. The van der Waals surface area contributed by atoms with Crippen LogP contribution in [0.1, 0.15) is 26.2 Å². The molecule has 0 N–H and O–H groups in total. The second kappa shape index (κ2) is 6.92. The first-order valence-electron chi connectivity index (χ1n) is 2.95. The van der Waals surface area contributed by atoms with Crippen LogP contribution in [0.2, 0.25) is 0 Å². The van der Waals surface area contributed by atoms with Gasteiger partial charge in [-0.25, -0.2) is 9.78 Å². The minimum atomic E-state index is 0.664. The first kappa shape index (κ1) is 7.92. The maximum Gasteiger partial charge on any atom is 0.109 e. The van der Waals surface area contributed by atoms with E-state index < -0.39 is 0 Å². The van der Waals surface area contributed by atoms with Crippen molar-refractivity contribution in [2.24, 2.45) is 0 Å². The van der Waals surface area contributed by atoms with Crippen LogP contribution in [0.25, 0.3) is 0 Å². The summed E-state index contributed by atoms with van der Waals surface area (Å²) in [5.74, 6) is 0. The largest absolute Gasteiger partial charge is 0.237 e. The van der Waals surface area contributed by atoms with Crippen LogP contribution in [0.3, 0.4) is 0 Å². The fraction of sp³-hybridized carbons (Fsp3) is 0.833. The van der Waals surface area contributed by atoms with Gasteiger partial charge < -0.3 is 0 Å². The molecule has 0 aromatic carbocycles. The van der Waals surface area contributed by atoms with Crippen LogP contribution in [0, 0.1) is 7.11 Å². The Bertz CT molecular complexity index is 31.5. The van der Waals surface area contributed by atoms with E-state index >= 15 is 0 Å². The lowest BCUT2D eigenvalue weighted by Gasteiger charge is -1.95. The minimum absolute atomic E-state index is 0.664. The van der Waals surface area contributed by atoms with E-state index in [1.165, 1.54) is 12.8 Å². The van der Waals surface area contributed by atoms with E-state index in [4.69, 9.17) is 0 Å². The molecule has 0 aromatic heterocycles. The number of hydrogen-bond donors (Lipinski definition) is 0. The van der Waals surface area contributed by atoms with E-state index in [-0.39, 0.29) is 0 Å². The Hall–Kier alpha value is -0.0800. The topological polar surface area (TPSA) is 18.5 Å². The molecule has 0 atom stereocenters. The lowest BCUT2D eigenvalue weighted by atomic mass is 10.3. The molecule has 0 saturated carbocycles. The Kier molecular flexibility index (Phi) is 6.85. The highest BCUT2D eigenvalue weighted by Crippen LogP contribution is 1.93. The van der Waals surface area contributed by atoms with Gasteiger partial charge in [0.1, 0.15) is 7.11 Å². The van der Waals surface area contributed by atoms with Crippen LogP contribution in [-0.2, 0) is 9.78 Å². The van der Waals surface area contributed by atoms with Crippen molar-refractivity contribution in [1.29, 1.82) is 0 Å². The monoisotopic (exact) mass is 117 g/mol. The van der Waals surface area contributed by atoms with Gasteiger partial charge in [0, 0.05) is 0 Å². The lowest BCUT2D eigenvalue weighted by Crippen LogP contribution is -1.89. The zero-order valence-electron chi connectivity index (χ0n) is 5.35. The average molecular weight is 117 g/mol. The van der Waals surface area contributed by atoms with E-state index in [1.807, 2.05) is 0 Å². The first-order valence-corrected chi connectivity index (χ1v) is 2.95. The van der Waals surface area contributed by atoms with Crippen LogP contribution in [0.5, 0.6) is 0 Å². The van der Waals surface area contributed by atoms with E-state index in [0.29, 0.717) is 6.61 Å². The molecule has 1 radical (unpaired) electrons. The summed E-state index contributed by atoms with van der Waals surface area (Å²) in [4.78, 5) is 8.66. The Morgan fingerprint density at radius 1 is 1.38 bits per heavy atom. The zero-order valence-corrected chi connectivity index (χ0v) is 5.35. The highest BCUT2D eigenvalue weighted by molar-refractivity contribution is 4.32. The van der Waals surface area contributed by atoms with Crippen molar-refractivity contribution in [1.82, 2.24) is 0 Å². The van der Waals surface area contributed by atoms with Crippen LogP contribution < -0.4 is 0 Å². The standard InChI is InChI=1S/C6H13O2/c1-3-4-5-6-8-7-2/h2-6H2,1H3. The van der Waals surface area contributed by atoms with Crippen LogP contribution in [0.4, 0.5) is 0 Å². The van der Waals surface area contributed by atoms with Gasteiger partial charge in [0.25, 0.3) is 0 Å². The Balaban J connectivity index is 2.53. The molecule has 0 saturated heterocycles. The fourth-order valence-electron chi connectivity index (χ4n) is 0.470. The SMILES string of the molecule is [CH2]OOCCCCC. The summed E-state index contributed by atoms with van der Waals surface area (Å²) >= 11 is 0. The molecule has 0 rings (SSSR count). The van der Waals surface area contributed by atoms with E-state index in [1.54, 1.807) is 0 Å². The molecule has 8 heavy (non-hydrogen) atoms. The number of unbranched alkanes of at least 4 members (excludes halogenated alkanes) is 2. The second-order valence-electron chi connectivity index (χ2n) is 1.65. The third-order valence-electron chi connectivity index (χ3n) is 0.915. The van der Waals surface area contributed by atoms with E-state index in [0.717, 1.165) is 6.42 Å². The fourth-order valence-corrected chi connectivity index (χ4v) is 0.470. The van der Waals surface area contributed by atoms with Gasteiger partial charge in [0.2, 0.25) is 0 Å². The molecule has 0 aliphatic carbocycles. The molecule has 0 bridgehead atoms. The van der Waals surface area contributed by atoms with Crippen molar-refractivity contribution in [2.45, 2.75) is 26.2 Å². The number of hydrogen-bond acceptors (Lipinski definition) is 2. The predicted molar refractivity (Wildman–Crippen MR) is 31.9 cm³/mol.